The second kappa shape index (κ2) is 9.11. The summed E-state index contributed by atoms with van der Waals surface area (Å²) in [5.74, 6) is 0. The molecule has 0 aromatic rings. The van der Waals surface area contributed by atoms with Crippen molar-refractivity contribution in [3.8, 4) is 0 Å². The van der Waals surface area contributed by atoms with Crippen LogP contribution in [0.5, 0.6) is 0 Å². The topological polar surface area (TPSA) is 80.6 Å². The van der Waals surface area contributed by atoms with Crippen molar-refractivity contribution >= 4 is 7.82 Å². The zero-order chi connectivity index (χ0) is 7.21. The number of hydrogen-bond donors (Lipinski definition) is 2. The van der Waals surface area contributed by atoms with E-state index >= 15 is 0 Å². The predicted octanol–water partition coefficient (Wildman–Crippen LogP) is -3.14. The van der Waals surface area contributed by atoms with Crippen LogP contribution in [0.15, 0.2) is 0 Å². The molecule has 6 heteroatoms. The van der Waals surface area contributed by atoms with Crippen LogP contribution in [0.25, 0.3) is 0 Å². The maximum Gasteiger partial charge on any atom is 1.00 e. The van der Waals surface area contributed by atoms with Crippen LogP contribution in [-0.2, 0) is 4.57 Å². The Balaban J connectivity index is -0.0000000800. The van der Waals surface area contributed by atoms with E-state index in [9.17, 15) is 0 Å². The Morgan fingerprint density at radius 1 is 1.44 bits per heavy atom. The Bertz CT molecular complexity index is 71.6. The van der Waals surface area contributed by atoms with Gasteiger partial charge in [-0.1, -0.05) is 20.3 Å². The van der Waals surface area contributed by atoms with Gasteiger partial charge in [0.2, 0.25) is 0 Å². The standard InChI is InChI=1S/C3H8.Na.H3O4P/c1-3-2;;1-5(2,3)4/h3H2,1-2H3;;(H3,1,2,3,4)/q;+1;/p-1. The van der Waals surface area contributed by atoms with Crippen molar-refractivity contribution < 1.29 is 48.8 Å². The van der Waals surface area contributed by atoms with E-state index in [0.717, 1.165) is 0 Å². The molecule has 0 saturated heterocycles. The quantitative estimate of drug-likeness (QED) is 0.293. The minimum absolute atomic E-state index is 0. The summed E-state index contributed by atoms with van der Waals surface area (Å²) in [7, 11) is -4.89. The molecule has 0 amide bonds. The van der Waals surface area contributed by atoms with Gasteiger partial charge in [-0.05, 0) is 0 Å². The summed E-state index contributed by atoms with van der Waals surface area (Å²) in [6.45, 7) is 4.25. The van der Waals surface area contributed by atoms with E-state index < -0.39 is 7.82 Å². The van der Waals surface area contributed by atoms with Crippen molar-refractivity contribution in [1.29, 1.82) is 0 Å². The molecule has 0 saturated carbocycles. The number of rotatable bonds is 0. The van der Waals surface area contributed by atoms with E-state index in [4.69, 9.17) is 19.2 Å². The summed E-state index contributed by atoms with van der Waals surface area (Å²) in [5, 5.41) is 0. The van der Waals surface area contributed by atoms with Gasteiger partial charge in [-0.2, -0.15) is 0 Å². The van der Waals surface area contributed by atoms with Crippen LogP contribution >= 0.6 is 7.82 Å². The Kier molecular flexibility index (Phi) is 16.8. The zero-order valence-electron chi connectivity index (χ0n) is 5.87. The molecule has 0 atom stereocenters. The van der Waals surface area contributed by atoms with Gasteiger partial charge in [-0.15, -0.1) is 0 Å². The largest absolute Gasteiger partial charge is 1.00 e. The molecule has 0 heterocycles. The smallest absolute Gasteiger partial charge is 0.756 e. The molecule has 0 fully saturated rings. The third-order valence-electron chi connectivity index (χ3n) is 0. The van der Waals surface area contributed by atoms with Crippen molar-refractivity contribution in [2.75, 3.05) is 0 Å². The molecule has 4 nitrogen and oxygen atoms in total. The summed E-state index contributed by atoms with van der Waals surface area (Å²) in [6, 6.07) is 0. The molecule has 2 N–H and O–H groups in total. The molecule has 0 spiro atoms. The Morgan fingerprint density at radius 3 is 1.44 bits per heavy atom. The van der Waals surface area contributed by atoms with Crippen LogP contribution in [-0.4, -0.2) is 9.79 Å². The van der Waals surface area contributed by atoms with Gasteiger partial charge in [0.1, 0.15) is 0 Å². The molecule has 0 rings (SSSR count). The first kappa shape index (κ1) is 16.6. The third-order valence-corrected chi connectivity index (χ3v) is 0. The van der Waals surface area contributed by atoms with Gasteiger partial charge in [-0.25, -0.2) is 0 Å². The maximum atomic E-state index is 8.77. The molecule has 9 heavy (non-hydrogen) atoms. The van der Waals surface area contributed by atoms with Crippen LogP contribution in [0.4, 0.5) is 0 Å². The van der Waals surface area contributed by atoms with Crippen molar-refractivity contribution in [2.24, 2.45) is 0 Å². The van der Waals surface area contributed by atoms with Crippen molar-refractivity contribution in [3.63, 3.8) is 0 Å². The van der Waals surface area contributed by atoms with Crippen LogP contribution in [0.2, 0.25) is 0 Å². The zero-order valence-corrected chi connectivity index (χ0v) is 8.76. The number of phosphoric acid groups is 1. The van der Waals surface area contributed by atoms with E-state index in [2.05, 4.69) is 13.8 Å². The van der Waals surface area contributed by atoms with Gasteiger partial charge in [0.05, 0.1) is 0 Å². The van der Waals surface area contributed by atoms with E-state index in [0.29, 0.717) is 0 Å². The minimum atomic E-state index is -4.89. The third kappa shape index (κ3) is 374. The van der Waals surface area contributed by atoms with Gasteiger partial charge >= 0.3 is 29.6 Å². The Morgan fingerprint density at radius 2 is 1.44 bits per heavy atom. The average molecular weight is 164 g/mol. The summed E-state index contributed by atoms with van der Waals surface area (Å²) in [6.07, 6.45) is 1.25. The van der Waals surface area contributed by atoms with Gasteiger partial charge in [-0.3, -0.25) is 4.57 Å². The monoisotopic (exact) mass is 164 g/mol. The summed E-state index contributed by atoms with van der Waals surface area (Å²) < 4.78 is 8.77. The molecule has 0 aromatic heterocycles. The molecular formula is C3H10NaO4P. The predicted molar refractivity (Wildman–Crippen MR) is 28.0 cm³/mol. The van der Waals surface area contributed by atoms with Gasteiger partial charge < -0.3 is 14.7 Å². The second-order valence-corrected chi connectivity index (χ2v) is 2.18. The van der Waals surface area contributed by atoms with E-state index in [1.165, 1.54) is 6.42 Å². The maximum absolute atomic E-state index is 8.77. The van der Waals surface area contributed by atoms with Crippen molar-refractivity contribution in [1.82, 2.24) is 0 Å². The molecule has 0 aliphatic heterocycles. The molecule has 0 aliphatic rings. The van der Waals surface area contributed by atoms with Crippen molar-refractivity contribution in [2.45, 2.75) is 20.3 Å². The van der Waals surface area contributed by atoms with Crippen LogP contribution in [0, 0.1) is 0 Å². The van der Waals surface area contributed by atoms with Crippen LogP contribution in [0.3, 0.4) is 0 Å². The average Bonchev–Trinajstić information content (AvgIpc) is 1.27. The van der Waals surface area contributed by atoms with Crippen LogP contribution < -0.4 is 34.5 Å². The van der Waals surface area contributed by atoms with E-state index in [1.54, 1.807) is 0 Å². The molecule has 0 radical (unpaired) electrons. The first-order valence-electron chi connectivity index (χ1n) is 2.18. The fraction of sp³-hybridized carbons (Fsp3) is 1.00. The van der Waals surface area contributed by atoms with Crippen LogP contribution in [0.1, 0.15) is 20.3 Å². The molecule has 0 unspecified atom stereocenters. The van der Waals surface area contributed by atoms with Gasteiger partial charge in [0, 0.05) is 0 Å². The SMILES string of the molecule is CCC.O=P([O-])(O)O.[Na+]. The van der Waals surface area contributed by atoms with Crippen molar-refractivity contribution in [3.05, 3.63) is 0 Å². The molecule has 52 valence electrons. The first-order valence-corrected chi connectivity index (χ1v) is 3.71. The minimum Gasteiger partial charge on any atom is -0.756 e. The molecular weight excluding hydrogens is 154 g/mol. The number of hydrogen-bond acceptors (Lipinski definition) is 2. The normalized spacial score (nSPS) is 8.56. The molecule has 0 bridgehead atoms. The van der Waals surface area contributed by atoms with Gasteiger partial charge in [0.25, 0.3) is 7.82 Å². The first-order chi connectivity index (χ1) is 3.41. The fourth-order valence-electron chi connectivity index (χ4n) is 0. The summed E-state index contributed by atoms with van der Waals surface area (Å²) in [5.41, 5.74) is 0. The summed E-state index contributed by atoms with van der Waals surface area (Å²) in [4.78, 5) is 22.9. The van der Waals surface area contributed by atoms with E-state index in [1.807, 2.05) is 0 Å². The van der Waals surface area contributed by atoms with E-state index in [-0.39, 0.29) is 29.6 Å². The second-order valence-electron chi connectivity index (χ2n) is 1.20. The molecule has 0 aromatic carbocycles. The van der Waals surface area contributed by atoms with Gasteiger partial charge in [0.15, 0.2) is 0 Å². The molecule has 0 aliphatic carbocycles. The Labute approximate surface area is 76.8 Å². The summed E-state index contributed by atoms with van der Waals surface area (Å²) >= 11 is 0. The Hall–Kier alpha value is 1.11. The fourth-order valence-corrected chi connectivity index (χ4v) is 0.